The van der Waals surface area contributed by atoms with Crippen LogP contribution in [-0.2, 0) is 14.2 Å². The van der Waals surface area contributed by atoms with Crippen LogP contribution < -0.4 is 15.4 Å². The maximum atomic E-state index is 5.58. The van der Waals surface area contributed by atoms with Gasteiger partial charge in [0.05, 0.1) is 45.3 Å². The fourth-order valence-electron chi connectivity index (χ4n) is 2.64. The Morgan fingerprint density at radius 1 is 0.962 bits per heavy atom. The van der Waals surface area contributed by atoms with Gasteiger partial charge in [-0.25, -0.2) is 0 Å². The molecule has 0 heterocycles. The predicted octanol–water partition coefficient (Wildman–Crippen LogP) is 2.59. The Bertz CT molecular complexity index is 575. The molecule has 1 unspecified atom stereocenters. The summed E-state index contributed by atoms with van der Waals surface area (Å²) in [4.78, 5) is 0. The summed E-state index contributed by atoms with van der Waals surface area (Å²) in [5.41, 5.74) is 2.08. The topological polar surface area (TPSA) is 61.0 Å². The van der Waals surface area contributed by atoms with E-state index in [2.05, 4.69) is 22.8 Å². The van der Waals surface area contributed by atoms with Crippen LogP contribution in [0.2, 0.25) is 0 Å². The Morgan fingerprint density at radius 3 is 2.42 bits per heavy atom. The van der Waals surface area contributed by atoms with Crippen LogP contribution in [-0.4, -0.2) is 59.8 Å². The highest BCUT2D eigenvalue weighted by Crippen LogP contribution is 2.22. The minimum Gasteiger partial charge on any atom is -0.495 e. The summed E-state index contributed by atoms with van der Waals surface area (Å²) in [5.74, 6) is 0.836. The molecule has 0 amide bonds. The Labute approximate surface area is 156 Å². The lowest BCUT2D eigenvalue weighted by Crippen LogP contribution is -2.29. The van der Waals surface area contributed by atoms with Gasteiger partial charge in [0.1, 0.15) is 5.75 Å². The fourth-order valence-corrected chi connectivity index (χ4v) is 2.64. The first-order chi connectivity index (χ1) is 12.8. The largest absolute Gasteiger partial charge is 0.495 e. The zero-order valence-electron chi connectivity index (χ0n) is 15.7. The first-order valence-electron chi connectivity index (χ1n) is 9.01. The molecule has 0 radical (unpaired) electrons. The third kappa shape index (κ3) is 7.07. The van der Waals surface area contributed by atoms with E-state index in [1.54, 1.807) is 14.2 Å². The van der Waals surface area contributed by atoms with E-state index in [4.69, 9.17) is 18.9 Å². The molecule has 1 aromatic rings. The lowest BCUT2D eigenvalue weighted by molar-refractivity contribution is 0.0523. The van der Waals surface area contributed by atoms with Gasteiger partial charge in [0.2, 0.25) is 0 Å². The summed E-state index contributed by atoms with van der Waals surface area (Å²) >= 11 is 0. The van der Waals surface area contributed by atoms with Gasteiger partial charge in [0, 0.05) is 25.9 Å². The number of nitrogens with one attached hydrogen (secondary N) is 2. The monoisotopic (exact) mass is 362 g/mol. The fraction of sp³-hybridized carbons (Fsp3) is 0.500. The van der Waals surface area contributed by atoms with Crippen LogP contribution in [0, 0.1) is 0 Å². The maximum Gasteiger partial charge on any atom is 0.141 e. The average Bonchev–Trinajstić information content (AvgIpc) is 2.70. The van der Waals surface area contributed by atoms with E-state index >= 15 is 0 Å². The highest BCUT2D eigenvalue weighted by molar-refractivity contribution is 5.55. The second-order valence-electron chi connectivity index (χ2n) is 5.79. The van der Waals surface area contributed by atoms with Gasteiger partial charge in [-0.2, -0.15) is 0 Å². The Morgan fingerprint density at radius 2 is 1.69 bits per heavy atom. The van der Waals surface area contributed by atoms with Crippen molar-refractivity contribution in [3.63, 3.8) is 0 Å². The summed E-state index contributed by atoms with van der Waals surface area (Å²) in [7, 11) is 3.40. The molecule has 144 valence electrons. The van der Waals surface area contributed by atoms with Gasteiger partial charge >= 0.3 is 0 Å². The number of ether oxygens (including phenoxy) is 4. The number of rotatable bonds is 13. The minimum absolute atomic E-state index is 0.124. The summed E-state index contributed by atoms with van der Waals surface area (Å²) in [6, 6.07) is 7.84. The van der Waals surface area contributed by atoms with Crippen molar-refractivity contribution in [2.75, 3.05) is 59.1 Å². The second-order valence-corrected chi connectivity index (χ2v) is 5.79. The third-order valence-corrected chi connectivity index (χ3v) is 4.01. The molecule has 0 saturated carbocycles. The lowest BCUT2D eigenvalue weighted by atomic mass is 10.1. The van der Waals surface area contributed by atoms with Crippen LogP contribution in [0.4, 0.5) is 5.69 Å². The molecule has 2 N–H and O–H groups in total. The maximum absolute atomic E-state index is 5.58. The number of methoxy groups -OCH3 is 2. The molecular formula is C20H30N2O4. The van der Waals surface area contributed by atoms with Crippen LogP contribution in [0.15, 0.2) is 48.2 Å². The number of anilines is 1. The SMILES string of the molecule is COc1ccccc1NCCOCCOCCNC1=CC=CCC1OC. The van der Waals surface area contributed by atoms with E-state index in [0.717, 1.165) is 36.6 Å². The molecule has 2 rings (SSSR count). The summed E-state index contributed by atoms with van der Waals surface area (Å²) in [6.07, 6.45) is 7.24. The number of hydrogen-bond acceptors (Lipinski definition) is 6. The molecule has 0 saturated heterocycles. The molecular weight excluding hydrogens is 332 g/mol. The molecule has 1 aliphatic carbocycles. The first-order valence-corrected chi connectivity index (χ1v) is 9.01. The molecule has 0 fully saturated rings. The normalized spacial score (nSPS) is 16.2. The van der Waals surface area contributed by atoms with Gasteiger partial charge in [0.15, 0.2) is 0 Å². The van der Waals surface area contributed by atoms with Gasteiger partial charge in [0.25, 0.3) is 0 Å². The van der Waals surface area contributed by atoms with Gasteiger partial charge in [-0.1, -0.05) is 24.3 Å². The van der Waals surface area contributed by atoms with Crippen molar-refractivity contribution in [3.8, 4) is 5.75 Å². The van der Waals surface area contributed by atoms with Gasteiger partial charge < -0.3 is 29.6 Å². The van der Waals surface area contributed by atoms with E-state index in [0.29, 0.717) is 26.4 Å². The number of benzene rings is 1. The van der Waals surface area contributed by atoms with Gasteiger partial charge in [-0.3, -0.25) is 0 Å². The molecule has 26 heavy (non-hydrogen) atoms. The van der Waals surface area contributed by atoms with E-state index in [1.807, 2.05) is 30.3 Å². The summed E-state index contributed by atoms with van der Waals surface area (Å²) in [5, 5.41) is 6.66. The third-order valence-electron chi connectivity index (χ3n) is 4.01. The van der Waals surface area contributed by atoms with Crippen molar-refractivity contribution in [1.82, 2.24) is 5.32 Å². The first kappa shape index (κ1) is 20.3. The smallest absolute Gasteiger partial charge is 0.141 e. The minimum atomic E-state index is 0.124. The van der Waals surface area contributed by atoms with Crippen molar-refractivity contribution in [1.29, 1.82) is 0 Å². The summed E-state index contributed by atoms with van der Waals surface area (Å²) in [6.45, 7) is 3.91. The van der Waals surface area contributed by atoms with E-state index in [9.17, 15) is 0 Å². The van der Waals surface area contributed by atoms with E-state index < -0.39 is 0 Å². The van der Waals surface area contributed by atoms with Crippen molar-refractivity contribution in [2.45, 2.75) is 12.5 Å². The molecule has 6 nitrogen and oxygen atoms in total. The average molecular weight is 362 g/mol. The quantitative estimate of drug-likeness (QED) is 0.526. The second kappa shape index (κ2) is 12.4. The zero-order chi connectivity index (χ0) is 18.5. The molecule has 0 aliphatic heterocycles. The molecule has 6 heteroatoms. The lowest BCUT2D eigenvalue weighted by Gasteiger charge is -2.21. The number of para-hydroxylation sites is 2. The van der Waals surface area contributed by atoms with Crippen LogP contribution in [0.25, 0.3) is 0 Å². The molecule has 0 bridgehead atoms. The van der Waals surface area contributed by atoms with Crippen LogP contribution in [0.1, 0.15) is 6.42 Å². The highest BCUT2D eigenvalue weighted by Gasteiger charge is 2.13. The molecule has 1 aliphatic rings. The Balaban J connectivity index is 1.45. The number of allylic oxidation sites excluding steroid dienone is 2. The highest BCUT2D eigenvalue weighted by atomic mass is 16.5. The summed E-state index contributed by atoms with van der Waals surface area (Å²) < 4.78 is 21.9. The molecule has 1 aromatic carbocycles. The zero-order valence-corrected chi connectivity index (χ0v) is 15.7. The van der Waals surface area contributed by atoms with Gasteiger partial charge in [-0.15, -0.1) is 0 Å². The molecule has 0 aromatic heterocycles. The van der Waals surface area contributed by atoms with Gasteiger partial charge in [-0.05, 0) is 24.6 Å². The standard InChI is InChI=1S/C20H30N2O4/c1-23-19-9-5-3-7-17(19)21-11-13-25-15-16-26-14-12-22-18-8-4-6-10-20(18)24-2/h3-9,20-22H,10-16H2,1-2H3. The predicted molar refractivity (Wildman–Crippen MR) is 104 cm³/mol. The number of hydrogen-bond donors (Lipinski definition) is 2. The molecule has 0 spiro atoms. The van der Waals surface area contributed by atoms with E-state index in [1.165, 1.54) is 0 Å². The van der Waals surface area contributed by atoms with Crippen molar-refractivity contribution in [2.24, 2.45) is 0 Å². The van der Waals surface area contributed by atoms with Crippen molar-refractivity contribution in [3.05, 3.63) is 48.2 Å². The van der Waals surface area contributed by atoms with Crippen LogP contribution in [0.3, 0.4) is 0 Å². The van der Waals surface area contributed by atoms with Crippen molar-refractivity contribution >= 4 is 5.69 Å². The van der Waals surface area contributed by atoms with E-state index in [-0.39, 0.29) is 6.10 Å². The van der Waals surface area contributed by atoms with Crippen LogP contribution in [0.5, 0.6) is 5.75 Å². The van der Waals surface area contributed by atoms with Crippen LogP contribution >= 0.6 is 0 Å². The Hall–Kier alpha value is -2.02. The van der Waals surface area contributed by atoms with Crippen molar-refractivity contribution < 1.29 is 18.9 Å². The Kier molecular flexibility index (Phi) is 9.64. The molecule has 1 atom stereocenters.